The van der Waals surface area contributed by atoms with Gasteiger partial charge in [0.2, 0.25) is 5.91 Å². The first-order valence-electron chi connectivity index (χ1n) is 10.5. The monoisotopic (exact) mass is 416 g/mol. The number of esters is 1. The predicted molar refractivity (Wildman–Crippen MR) is 108 cm³/mol. The number of amides is 1. The van der Waals surface area contributed by atoms with Gasteiger partial charge in [0.25, 0.3) is 0 Å². The van der Waals surface area contributed by atoms with E-state index in [1.165, 1.54) is 11.3 Å². The van der Waals surface area contributed by atoms with Crippen LogP contribution in [-0.4, -0.2) is 24.5 Å². The number of carbonyl (C=O) groups excluding carboxylic acids is 3. The van der Waals surface area contributed by atoms with E-state index in [1.54, 1.807) is 0 Å². The molecule has 4 atom stereocenters. The van der Waals surface area contributed by atoms with Gasteiger partial charge in [-0.3, -0.25) is 4.79 Å². The van der Waals surface area contributed by atoms with Gasteiger partial charge in [0.1, 0.15) is 5.00 Å². The van der Waals surface area contributed by atoms with Crippen LogP contribution in [0.25, 0.3) is 0 Å². The number of anilines is 1. The van der Waals surface area contributed by atoms with Crippen molar-refractivity contribution >= 4 is 34.2 Å². The maximum atomic E-state index is 13.1. The third kappa shape index (κ3) is 3.72. The second-order valence-corrected chi connectivity index (χ2v) is 9.32. The van der Waals surface area contributed by atoms with Crippen molar-refractivity contribution in [3.8, 4) is 0 Å². The Kier molecular flexibility index (Phi) is 5.76. The highest BCUT2D eigenvalue weighted by Gasteiger charge is 2.49. The van der Waals surface area contributed by atoms with Crippen LogP contribution in [0.1, 0.15) is 59.8 Å². The van der Waals surface area contributed by atoms with Gasteiger partial charge in [-0.25, -0.2) is 4.79 Å². The molecule has 3 aliphatic carbocycles. The first-order chi connectivity index (χ1) is 14.0. The van der Waals surface area contributed by atoms with Gasteiger partial charge in [0.15, 0.2) is 0 Å². The maximum absolute atomic E-state index is 13.1. The van der Waals surface area contributed by atoms with Crippen LogP contribution in [0.2, 0.25) is 0 Å². The molecule has 0 spiro atoms. The summed E-state index contributed by atoms with van der Waals surface area (Å²) in [6, 6.07) is 0. The van der Waals surface area contributed by atoms with Crippen LogP contribution in [0.5, 0.6) is 0 Å². The van der Waals surface area contributed by atoms with E-state index < -0.39 is 23.8 Å². The van der Waals surface area contributed by atoms with Crippen LogP contribution in [0.3, 0.4) is 0 Å². The zero-order valence-electron chi connectivity index (χ0n) is 16.6. The third-order valence-electron chi connectivity index (χ3n) is 6.33. The van der Waals surface area contributed by atoms with Crippen LogP contribution in [0.15, 0.2) is 12.2 Å². The molecule has 7 heteroatoms. The van der Waals surface area contributed by atoms with E-state index in [0.717, 1.165) is 49.0 Å². The largest absolute Gasteiger partial charge is 0.550 e. The summed E-state index contributed by atoms with van der Waals surface area (Å²) in [5.74, 6) is -3.60. The van der Waals surface area contributed by atoms with E-state index in [0.29, 0.717) is 23.6 Å². The van der Waals surface area contributed by atoms with Crippen LogP contribution in [0, 0.1) is 23.7 Å². The average molecular weight is 417 g/mol. The van der Waals surface area contributed by atoms with Gasteiger partial charge in [0, 0.05) is 16.8 Å². The van der Waals surface area contributed by atoms with Crippen LogP contribution in [0.4, 0.5) is 5.00 Å². The van der Waals surface area contributed by atoms with E-state index >= 15 is 0 Å². The highest BCUT2D eigenvalue weighted by molar-refractivity contribution is 7.17. The van der Waals surface area contributed by atoms with Gasteiger partial charge < -0.3 is 20.0 Å². The summed E-state index contributed by atoms with van der Waals surface area (Å²) in [7, 11) is 0. The molecule has 0 aliphatic heterocycles. The van der Waals surface area contributed by atoms with Crippen molar-refractivity contribution in [1.82, 2.24) is 0 Å². The molecule has 1 aromatic heterocycles. The van der Waals surface area contributed by atoms with E-state index in [1.807, 2.05) is 19.1 Å². The third-order valence-corrected chi connectivity index (χ3v) is 7.54. The average Bonchev–Trinajstić information content (AvgIpc) is 3.35. The Morgan fingerprint density at radius 2 is 1.86 bits per heavy atom. The van der Waals surface area contributed by atoms with Gasteiger partial charge in [-0.1, -0.05) is 25.5 Å². The molecule has 1 amide bonds. The number of nitrogens with one attached hydrogen (secondary N) is 1. The number of rotatable bonds is 6. The Hall–Kier alpha value is -2.15. The molecular weight excluding hydrogens is 390 g/mol. The summed E-state index contributed by atoms with van der Waals surface area (Å²) in [6.45, 7) is 2.27. The van der Waals surface area contributed by atoms with Crippen LogP contribution >= 0.6 is 11.3 Å². The molecule has 1 fully saturated rings. The Morgan fingerprint density at radius 3 is 2.59 bits per heavy atom. The maximum Gasteiger partial charge on any atom is 0.341 e. The van der Waals surface area contributed by atoms with Crippen molar-refractivity contribution in [2.75, 3.05) is 11.9 Å². The number of aryl methyl sites for hydroxylation is 1. The summed E-state index contributed by atoms with van der Waals surface area (Å²) in [5, 5.41) is 15.1. The fraction of sp³-hybridized carbons (Fsp3) is 0.591. The minimum absolute atomic E-state index is 0.0869. The van der Waals surface area contributed by atoms with E-state index in [2.05, 4.69) is 5.32 Å². The fourth-order valence-corrected chi connectivity index (χ4v) is 6.29. The molecule has 0 radical (unpaired) electrons. The number of allylic oxidation sites excluding steroid dienone is 2. The number of carboxylic acid groups (broad SMARTS) is 1. The minimum atomic E-state index is -1.17. The molecule has 1 heterocycles. The Labute approximate surface area is 174 Å². The van der Waals surface area contributed by atoms with Gasteiger partial charge in [-0.2, -0.15) is 0 Å². The first-order valence-corrected chi connectivity index (χ1v) is 11.3. The van der Waals surface area contributed by atoms with Crippen molar-refractivity contribution in [2.45, 2.75) is 51.9 Å². The molecule has 0 saturated heterocycles. The zero-order valence-corrected chi connectivity index (χ0v) is 17.4. The number of fused-ring (bicyclic) bond motifs is 3. The Balaban J connectivity index is 1.62. The second-order valence-electron chi connectivity index (χ2n) is 8.21. The molecule has 1 N–H and O–H groups in total. The Bertz CT molecular complexity index is 858. The number of ether oxygens (including phenoxy) is 1. The molecular formula is C22H26NO5S-. The van der Waals surface area contributed by atoms with Gasteiger partial charge in [-0.15, -0.1) is 11.3 Å². The molecule has 1 aromatic rings. The van der Waals surface area contributed by atoms with Crippen molar-refractivity contribution < 1.29 is 24.2 Å². The number of thiophene rings is 1. The zero-order chi connectivity index (χ0) is 20.5. The highest BCUT2D eigenvalue weighted by Crippen LogP contribution is 2.48. The molecule has 29 heavy (non-hydrogen) atoms. The van der Waals surface area contributed by atoms with Crippen molar-refractivity contribution in [1.29, 1.82) is 0 Å². The standard InChI is InChI=1S/C22H27NO5S/c1-2-10-28-22(27)18-14-6-4-3-5-7-15(14)29-20(18)23-19(24)16-12-8-9-13(11-12)17(16)21(25)26/h8-9,12-13,16-17H,2-7,10-11H2,1H3,(H,23,24)(H,25,26)/p-1/t12-,13+,16+,17+/m1/s1. The lowest BCUT2D eigenvalue weighted by Crippen LogP contribution is -2.42. The van der Waals surface area contributed by atoms with Crippen LogP contribution < -0.4 is 10.4 Å². The van der Waals surface area contributed by atoms with E-state index in [4.69, 9.17) is 4.74 Å². The molecule has 3 aliphatic rings. The molecule has 156 valence electrons. The molecule has 2 bridgehead atoms. The van der Waals surface area contributed by atoms with Crippen LogP contribution in [-0.2, 0) is 27.2 Å². The summed E-state index contributed by atoms with van der Waals surface area (Å²) >= 11 is 1.44. The second kappa shape index (κ2) is 8.30. The smallest absolute Gasteiger partial charge is 0.341 e. The lowest BCUT2D eigenvalue weighted by Gasteiger charge is -2.27. The molecule has 0 unspecified atom stereocenters. The number of carbonyl (C=O) groups is 3. The normalized spacial score (nSPS) is 27.3. The number of carboxylic acids is 1. The molecule has 0 aromatic carbocycles. The number of aliphatic carboxylic acids is 1. The van der Waals surface area contributed by atoms with Crippen molar-refractivity contribution in [2.24, 2.45) is 23.7 Å². The fourth-order valence-electron chi connectivity index (χ4n) is 5.01. The lowest BCUT2D eigenvalue weighted by molar-refractivity contribution is -0.313. The molecule has 6 nitrogen and oxygen atoms in total. The van der Waals surface area contributed by atoms with Gasteiger partial charge in [0.05, 0.1) is 18.1 Å². The predicted octanol–water partition coefficient (Wildman–Crippen LogP) is 2.71. The van der Waals surface area contributed by atoms with Crippen molar-refractivity contribution in [3.63, 3.8) is 0 Å². The quantitative estimate of drug-likeness (QED) is 0.437. The topological polar surface area (TPSA) is 95.5 Å². The Morgan fingerprint density at radius 1 is 1.14 bits per heavy atom. The van der Waals surface area contributed by atoms with Gasteiger partial charge in [-0.05, 0) is 55.9 Å². The first kappa shape index (κ1) is 20.1. The molecule has 4 rings (SSSR count). The highest BCUT2D eigenvalue weighted by atomic mass is 32.1. The summed E-state index contributed by atoms with van der Waals surface area (Å²) < 4.78 is 5.40. The summed E-state index contributed by atoms with van der Waals surface area (Å²) in [4.78, 5) is 38.7. The van der Waals surface area contributed by atoms with E-state index in [9.17, 15) is 19.5 Å². The SMILES string of the molecule is CCCOC(=O)c1c(NC(=O)[C@@H]2[C@@H](C(=O)[O-])[C@H]3C=C[C@@H]2C3)sc2c1CCCCC2. The summed E-state index contributed by atoms with van der Waals surface area (Å²) in [6.07, 6.45) is 10.1. The van der Waals surface area contributed by atoms with E-state index in [-0.39, 0.29) is 17.7 Å². The molecule has 1 saturated carbocycles. The van der Waals surface area contributed by atoms with Gasteiger partial charge >= 0.3 is 5.97 Å². The number of hydrogen-bond donors (Lipinski definition) is 1. The minimum Gasteiger partial charge on any atom is -0.550 e. The summed E-state index contributed by atoms with van der Waals surface area (Å²) in [5.41, 5.74) is 1.46. The number of hydrogen-bond acceptors (Lipinski definition) is 6. The van der Waals surface area contributed by atoms with Crippen molar-refractivity contribution in [3.05, 3.63) is 28.2 Å². The lowest BCUT2D eigenvalue weighted by atomic mass is 9.82.